The minimum Gasteiger partial charge on any atom is -0.377 e. The van der Waals surface area contributed by atoms with E-state index in [0.29, 0.717) is 5.56 Å². The second-order valence-corrected chi connectivity index (χ2v) is 8.55. The molecule has 0 saturated heterocycles. The molecule has 2 N–H and O–H groups in total. The summed E-state index contributed by atoms with van der Waals surface area (Å²) >= 11 is 7.19. The number of anilines is 2. The number of halogens is 3. The lowest BCUT2D eigenvalue weighted by Gasteiger charge is -2.18. The van der Waals surface area contributed by atoms with Crippen molar-refractivity contribution in [2.45, 2.75) is 17.9 Å². The number of hydrogen-bond donors (Lipinski definition) is 2. The van der Waals surface area contributed by atoms with E-state index in [1.165, 1.54) is 12.3 Å². The van der Waals surface area contributed by atoms with E-state index < -0.39 is 32.6 Å². The van der Waals surface area contributed by atoms with Gasteiger partial charge in [0.05, 0.1) is 16.8 Å². The van der Waals surface area contributed by atoms with Crippen LogP contribution in [0, 0.1) is 11.6 Å². The van der Waals surface area contributed by atoms with Gasteiger partial charge in [0.25, 0.3) is 10.0 Å². The van der Waals surface area contributed by atoms with Crippen LogP contribution in [0.5, 0.6) is 0 Å². The molecule has 1 unspecified atom stereocenters. The fourth-order valence-corrected chi connectivity index (χ4v) is 4.58. The van der Waals surface area contributed by atoms with Gasteiger partial charge in [0, 0.05) is 17.1 Å². The van der Waals surface area contributed by atoms with E-state index in [1.807, 2.05) is 0 Å². The number of hydrogen-bond acceptors (Lipinski definition) is 5. The largest absolute Gasteiger partial charge is 0.377 e. The van der Waals surface area contributed by atoms with E-state index in [4.69, 9.17) is 11.6 Å². The van der Waals surface area contributed by atoms with Crippen LogP contribution in [0.1, 0.15) is 18.5 Å². The minimum atomic E-state index is -4.19. The SMILES string of the molecule is CC(Nc1cc(F)c(S(=O)(=O)Nc2nccs2)cc1Cl)c1ccccc1F. The summed E-state index contributed by atoms with van der Waals surface area (Å²) in [4.78, 5) is 3.20. The van der Waals surface area contributed by atoms with Gasteiger partial charge in [-0.3, -0.25) is 4.72 Å². The first-order valence-corrected chi connectivity index (χ1v) is 10.4. The van der Waals surface area contributed by atoms with Gasteiger partial charge in [-0.05, 0) is 25.1 Å². The molecular weight excluding hydrogens is 416 g/mol. The maximum absolute atomic E-state index is 14.5. The van der Waals surface area contributed by atoms with Crippen molar-refractivity contribution in [3.8, 4) is 0 Å². The Labute approximate surface area is 164 Å². The molecule has 5 nitrogen and oxygen atoms in total. The molecular formula is C17H14ClF2N3O2S2. The molecule has 1 atom stereocenters. The van der Waals surface area contributed by atoms with Crippen molar-refractivity contribution in [1.82, 2.24) is 4.98 Å². The third-order valence-electron chi connectivity index (χ3n) is 3.71. The first-order valence-electron chi connectivity index (χ1n) is 7.70. The third-order valence-corrected chi connectivity index (χ3v) is 6.19. The van der Waals surface area contributed by atoms with Crippen LogP contribution in [-0.2, 0) is 10.0 Å². The molecule has 2 aromatic carbocycles. The van der Waals surface area contributed by atoms with Crippen LogP contribution in [0.25, 0.3) is 0 Å². The van der Waals surface area contributed by atoms with Crippen LogP contribution in [0.15, 0.2) is 52.9 Å². The lowest BCUT2D eigenvalue weighted by atomic mass is 10.1. The van der Waals surface area contributed by atoms with Gasteiger partial charge in [-0.1, -0.05) is 29.8 Å². The Balaban J connectivity index is 1.88. The molecule has 0 saturated carbocycles. The van der Waals surface area contributed by atoms with Gasteiger partial charge in [-0.2, -0.15) is 0 Å². The highest BCUT2D eigenvalue weighted by molar-refractivity contribution is 7.93. The van der Waals surface area contributed by atoms with Gasteiger partial charge in [-0.15, -0.1) is 11.3 Å². The maximum Gasteiger partial charge on any atom is 0.266 e. The smallest absolute Gasteiger partial charge is 0.266 e. The van der Waals surface area contributed by atoms with E-state index in [-0.39, 0.29) is 15.8 Å². The molecule has 1 heterocycles. The molecule has 0 amide bonds. The van der Waals surface area contributed by atoms with Crippen molar-refractivity contribution in [1.29, 1.82) is 0 Å². The summed E-state index contributed by atoms with van der Waals surface area (Å²) in [6, 6.07) is 7.61. The number of rotatable bonds is 6. The average Bonchev–Trinajstić information content (AvgIpc) is 3.10. The van der Waals surface area contributed by atoms with Gasteiger partial charge in [0.1, 0.15) is 16.5 Å². The number of sulfonamides is 1. The van der Waals surface area contributed by atoms with Crippen molar-refractivity contribution in [3.05, 3.63) is 70.2 Å². The van der Waals surface area contributed by atoms with Crippen LogP contribution < -0.4 is 10.0 Å². The summed E-state index contributed by atoms with van der Waals surface area (Å²) < 4.78 is 55.3. The van der Waals surface area contributed by atoms with E-state index in [1.54, 1.807) is 30.5 Å². The number of thiazole rings is 1. The Kier molecular flexibility index (Phi) is 5.64. The molecule has 1 aromatic heterocycles. The second-order valence-electron chi connectivity index (χ2n) is 5.59. The molecule has 0 aliphatic rings. The van der Waals surface area contributed by atoms with Crippen molar-refractivity contribution < 1.29 is 17.2 Å². The molecule has 0 fully saturated rings. The zero-order valence-electron chi connectivity index (χ0n) is 13.9. The predicted molar refractivity (Wildman–Crippen MR) is 103 cm³/mol. The van der Waals surface area contributed by atoms with E-state index >= 15 is 0 Å². The summed E-state index contributed by atoms with van der Waals surface area (Å²) in [6.07, 6.45) is 1.42. The summed E-state index contributed by atoms with van der Waals surface area (Å²) in [7, 11) is -4.19. The summed E-state index contributed by atoms with van der Waals surface area (Å²) in [5.74, 6) is -1.41. The van der Waals surface area contributed by atoms with Crippen LogP contribution in [0.3, 0.4) is 0 Å². The number of aromatic nitrogens is 1. The topological polar surface area (TPSA) is 71.1 Å². The average molecular weight is 430 g/mol. The Morgan fingerprint density at radius 2 is 1.93 bits per heavy atom. The van der Waals surface area contributed by atoms with Gasteiger partial charge in [0.2, 0.25) is 0 Å². The van der Waals surface area contributed by atoms with Crippen LogP contribution in [-0.4, -0.2) is 13.4 Å². The van der Waals surface area contributed by atoms with Crippen molar-refractivity contribution in [2.75, 3.05) is 10.0 Å². The maximum atomic E-state index is 14.5. The van der Waals surface area contributed by atoms with Gasteiger partial charge < -0.3 is 5.32 Å². The molecule has 3 aromatic rings. The highest BCUT2D eigenvalue weighted by atomic mass is 35.5. The zero-order valence-corrected chi connectivity index (χ0v) is 16.3. The highest BCUT2D eigenvalue weighted by Crippen LogP contribution is 2.32. The van der Waals surface area contributed by atoms with Crippen LogP contribution in [0.4, 0.5) is 19.6 Å². The molecule has 0 radical (unpaired) electrons. The molecule has 0 aliphatic carbocycles. The normalized spacial score (nSPS) is 12.6. The predicted octanol–water partition coefficient (Wildman–Crippen LogP) is 5.05. The molecule has 0 aliphatic heterocycles. The lowest BCUT2D eigenvalue weighted by Crippen LogP contribution is -2.15. The highest BCUT2D eigenvalue weighted by Gasteiger charge is 2.23. The fraction of sp³-hybridized carbons (Fsp3) is 0.118. The molecule has 0 bridgehead atoms. The first-order chi connectivity index (χ1) is 12.8. The van der Waals surface area contributed by atoms with Gasteiger partial charge in [-0.25, -0.2) is 22.2 Å². The van der Waals surface area contributed by atoms with E-state index in [9.17, 15) is 17.2 Å². The van der Waals surface area contributed by atoms with Gasteiger partial charge in [0.15, 0.2) is 5.13 Å². The van der Waals surface area contributed by atoms with E-state index in [0.717, 1.165) is 23.5 Å². The Bertz CT molecular complexity index is 1060. The summed E-state index contributed by atoms with van der Waals surface area (Å²) in [5.41, 5.74) is 0.522. The van der Waals surface area contributed by atoms with Crippen molar-refractivity contribution in [2.24, 2.45) is 0 Å². The Morgan fingerprint density at radius 3 is 2.59 bits per heavy atom. The summed E-state index contributed by atoms with van der Waals surface area (Å²) in [5, 5.41) is 4.57. The Morgan fingerprint density at radius 1 is 1.19 bits per heavy atom. The third kappa shape index (κ3) is 4.37. The molecule has 10 heteroatoms. The first kappa shape index (κ1) is 19.5. The second kappa shape index (κ2) is 7.79. The van der Waals surface area contributed by atoms with Gasteiger partial charge >= 0.3 is 0 Å². The fourth-order valence-electron chi connectivity index (χ4n) is 2.43. The Hall–Kier alpha value is -2.23. The number of nitrogens with zero attached hydrogens (tertiary/aromatic N) is 1. The van der Waals surface area contributed by atoms with Crippen molar-refractivity contribution >= 4 is 43.8 Å². The van der Waals surface area contributed by atoms with Crippen molar-refractivity contribution in [3.63, 3.8) is 0 Å². The molecule has 142 valence electrons. The van der Waals surface area contributed by atoms with Crippen LogP contribution in [0.2, 0.25) is 5.02 Å². The monoisotopic (exact) mass is 429 g/mol. The quantitative estimate of drug-likeness (QED) is 0.575. The van der Waals surface area contributed by atoms with E-state index in [2.05, 4.69) is 15.0 Å². The standard InChI is InChI=1S/C17H14ClF2N3O2S2/c1-10(11-4-2-3-5-13(11)19)22-15-9-14(20)16(8-12(15)18)27(24,25)23-17-21-6-7-26-17/h2-10,22H,1H3,(H,21,23). The lowest BCUT2D eigenvalue weighted by molar-refractivity contribution is 0.570. The number of benzene rings is 2. The molecule has 27 heavy (non-hydrogen) atoms. The number of nitrogens with one attached hydrogen (secondary N) is 2. The van der Waals surface area contributed by atoms with Crippen LogP contribution >= 0.6 is 22.9 Å². The molecule has 0 spiro atoms. The minimum absolute atomic E-state index is 0.0147. The zero-order chi connectivity index (χ0) is 19.6. The summed E-state index contributed by atoms with van der Waals surface area (Å²) in [6.45, 7) is 1.68. The molecule has 3 rings (SSSR count).